The number of benzene rings is 1. The van der Waals surface area contributed by atoms with Crippen molar-refractivity contribution < 1.29 is 4.79 Å². The Kier molecular flexibility index (Phi) is 6.36. The van der Waals surface area contributed by atoms with Crippen molar-refractivity contribution in [1.82, 2.24) is 5.32 Å². The zero-order valence-electron chi connectivity index (χ0n) is 10.5. The zero-order chi connectivity index (χ0) is 13.2. The summed E-state index contributed by atoms with van der Waals surface area (Å²) >= 11 is 0. The second-order valence-electron chi connectivity index (χ2n) is 4.08. The lowest BCUT2D eigenvalue weighted by Crippen LogP contribution is -2.28. The number of nitrogens with one attached hydrogen (secondary N) is 1. The lowest BCUT2D eigenvalue weighted by Gasteiger charge is -2.12. The highest BCUT2D eigenvalue weighted by atomic mass is 16.1. The summed E-state index contributed by atoms with van der Waals surface area (Å²) in [4.78, 5) is 14.5. The van der Waals surface area contributed by atoms with E-state index in [1.54, 1.807) is 0 Å². The third kappa shape index (κ3) is 4.89. The van der Waals surface area contributed by atoms with Crippen molar-refractivity contribution >= 4 is 5.91 Å². The number of unbranched alkanes of at least 4 members (excludes halogenated alkanes) is 1. The van der Waals surface area contributed by atoms with Crippen LogP contribution in [0.25, 0.3) is 10.4 Å². The van der Waals surface area contributed by atoms with Gasteiger partial charge in [0.1, 0.15) is 0 Å². The summed E-state index contributed by atoms with van der Waals surface area (Å²) < 4.78 is 0. The standard InChI is InChI=1S/C13H18N4O/c1-11(12-7-3-2-4-8-12)13(18)15-9-5-6-10-16-17-14/h2-4,7-8,11H,5-6,9-10H2,1H3,(H,15,18). The molecule has 96 valence electrons. The number of nitrogens with zero attached hydrogens (tertiary/aromatic N) is 3. The molecule has 1 aromatic rings. The molecule has 1 N–H and O–H groups in total. The van der Waals surface area contributed by atoms with Gasteiger partial charge < -0.3 is 5.32 Å². The van der Waals surface area contributed by atoms with Gasteiger partial charge in [-0.3, -0.25) is 4.79 Å². The molecule has 5 nitrogen and oxygen atoms in total. The average Bonchev–Trinajstić information content (AvgIpc) is 2.42. The number of amides is 1. The molecule has 0 bridgehead atoms. The Bertz CT molecular complexity index is 412. The summed E-state index contributed by atoms with van der Waals surface area (Å²) in [5.41, 5.74) is 9.12. The van der Waals surface area contributed by atoms with Crippen molar-refractivity contribution in [2.45, 2.75) is 25.7 Å². The fraction of sp³-hybridized carbons (Fsp3) is 0.462. The number of azide groups is 1. The predicted octanol–water partition coefficient (Wildman–Crippen LogP) is 3.00. The van der Waals surface area contributed by atoms with Crippen molar-refractivity contribution in [3.63, 3.8) is 0 Å². The Morgan fingerprint density at radius 1 is 1.39 bits per heavy atom. The second-order valence-corrected chi connectivity index (χ2v) is 4.08. The van der Waals surface area contributed by atoms with Crippen LogP contribution in [0.3, 0.4) is 0 Å². The van der Waals surface area contributed by atoms with E-state index in [4.69, 9.17) is 5.53 Å². The molecule has 1 aromatic carbocycles. The molecular weight excluding hydrogens is 228 g/mol. The van der Waals surface area contributed by atoms with E-state index < -0.39 is 0 Å². The van der Waals surface area contributed by atoms with Crippen LogP contribution in [-0.4, -0.2) is 19.0 Å². The van der Waals surface area contributed by atoms with Crippen LogP contribution in [0, 0.1) is 0 Å². The Labute approximate surface area is 107 Å². The molecular formula is C13H18N4O. The van der Waals surface area contributed by atoms with E-state index in [2.05, 4.69) is 15.3 Å². The number of hydrogen-bond donors (Lipinski definition) is 1. The largest absolute Gasteiger partial charge is 0.356 e. The second kappa shape index (κ2) is 8.14. The highest BCUT2D eigenvalue weighted by Crippen LogP contribution is 2.14. The van der Waals surface area contributed by atoms with Gasteiger partial charge in [0, 0.05) is 18.0 Å². The Balaban J connectivity index is 2.26. The van der Waals surface area contributed by atoms with Gasteiger partial charge in [0.05, 0.1) is 5.92 Å². The van der Waals surface area contributed by atoms with Gasteiger partial charge in [-0.2, -0.15) is 0 Å². The quantitative estimate of drug-likeness (QED) is 0.341. The van der Waals surface area contributed by atoms with E-state index in [0.717, 1.165) is 18.4 Å². The van der Waals surface area contributed by atoms with Gasteiger partial charge in [0.2, 0.25) is 5.91 Å². The molecule has 0 fully saturated rings. The molecule has 0 aliphatic rings. The topological polar surface area (TPSA) is 77.9 Å². The maximum Gasteiger partial charge on any atom is 0.227 e. The van der Waals surface area contributed by atoms with E-state index in [0.29, 0.717) is 13.1 Å². The molecule has 0 aliphatic heterocycles. The minimum atomic E-state index is -0.136. The maximum atomic E-state index is 11.8. The van der Waals surface area contributed by atoms with E-state index >= 15 is 0 Å². The summed E-state index contributed by atoms with van der Waals surface area (Å²) in [7, 11) is 0. The van der Waals surface area contributed by atoms with Crippen molar-refractivity contribution in [3.05, 3.63) is 46.3 Å². The molecule has 0 saturated carbocycles. The first-order valence-corrected chi connectivity index (χ1v) is 6.09. The highest BCUT2D eigenvalue weighted by Gasteiger charge is 2.13. The van der Waals surface area contributed by atoms with Crippen molar-refractivity contribution in [1.29, 1.82) is 0 Å². The van der Waals surface area contributed by atoms with Crippen LogP contribution in [0.5, 0.6) is 0 Å². The Morgan fingerprint density at radius 2 is 2.11 bits per heavy atom. The van der Waals surface area contributed by atoms with Crippen molar-refractivity contribution in [2.24, 2.45) is 5.11 Å². The van der Waals surface area contributed by atoms with E-state index in [1.165, 1.54) is 0 Å². The summed E-state index contributed by atoms with van der Waals surface area (Å²) in [6, 6.07) is 9.69. The normalized spacial score (nSPS) is 11.4. The van der Waals surface area contributed by atoms with Gasteiger partial charge in [-0.15, -0.1) is 0 Å². The molecule has 0 radical (unpaired) electrons. The molecule has 0 heterocycles. The van der Waals surface area contributed by atoms with Crippen LogP contribution in [0.15, 0.2) is 35.4 Å². The number of rotatable bonds is 7. The first-order valence-electron chi connectivity index (χ1n) is 6.09. The fourth-order valence-corrected chi connectivity index (χ4v) is 1.61. The van der Waals surface area contributed by atoms with Gasteiger partial charge >= 0.3 is 0 Å². The van der Waals surface area contributed by atoms with Gasteiger partial charge in [-0.1, -0.05) is 35.4 Å². The molecule has 0 aromatic heterocycles. The summed E-state index contributed by atoms with van der Waals surface area (Å²) in [6.45, 7) is 3.00. The maximum absolute atomic E-state index is 11.8. The molecule has 0 aliphatic carbocycles. The molecule has 0 spiro atoms. The van der Waals surface area contributed by atoms with Crippen LogP contribution in [0.4, 0.5) is 0 Å². The zero-order valence-corrected chi connectivity index (χ0v) is 10.5. The smallest absolute Gasteiger partial charge is 0.227 e. The highest BCUT2D eigenvalue weighted by molar-refractivity contribution is 5.83. The third-order valence-electron chi connectivity index (χ3n) is 2.74. The van der Waals surface area contributed by atoms with Crippen molar-refractivity contribution in [2.75, 3.05) is 13.1 Å². The molecule has 1 amide bonds. The van der Waals surface area contributed by atoms with Crippen LogP contribution in [0.2, 0.25) is 0 Å². The molecule has 1 unspecified atom stereocenters. The monoisotopic (exact) mass is 246 g/mol. The van der Waals surface area contributed by atoms with Crippen LogP contribution < -0.4 is 5.32 Å². The number of hydrogen-bond acceptors (Lipinski definition) is 2. The van der Waals surface area contributed by atoms with Gasteiger partial charge in [0.15, 0.2) is 0 Å². The summed E-state index contributed by atoms with van der Waals surface area (Å²) in [5.74, 6) is -0.103. The number of carbonyl (C=O) groups excluding carboxylic acids is 1. The Hall–Kier alpha value is -2.00. The first kappa shape index (κ1) is 14.1. The first-order chi connectivity index (χ1) is 8.75. The Morgan fingerprint density at radius 3 is 2.78 bits per heavy atom. The lowest BCUT2D eigenvalue weighted by atomic mass is 10.0. The van der Waals surface area contributed by atoms with E-state index in [9.17, 15) is 4.79 Å². The van der Waals surface area contributed by atoms with Gasteiger partial charge in [0.25, 0.3) is 0 Å². The summed E-state index contributed by atoms with van der Waals surface area (Å²) in [6.07, 6.45) is 1.62. The fourth-order valence-electron chi connectivity index (χ4n) is 1.61. The summed E-state index contributed by atoms with van der Waals surface area (Å²) in [5, 5.41) is 6.32. The minimum absolute atomic E-state index is 0.0324. The van der Waals surface area contributed by atoms with Crippen LogP contribution >= 0.6 is 0 Å². The number of carbonyl (C=O) groups is 1. The lowest BCUT2D eigenvalue weighted by molar-refractivity contribution is -0.122. The SMILES string of the molecule is CC(C(=O)NCCCCN=[N+]=[N-])c1ccccc1. The molecule has 18 heavy (non-hydrogen) atoms. The van der Waals surface area contributed by atoms with Crippen molar-refractivity contribution in [3.8, 4) is 0 Å². The molecule has 1 rings (SSSR count). The van der Waals surface area contributed by atoms with Gasteiger partial charge in [-0.05, 0) is 30.9 Å². The predicted molar refractivity (Wildman–Crippen MR) is 71.1 cm³/mol. The van der Waals surface area contributed by atoms with E-state index in [1.807, 2.05) is 37.3 Å². The molecule has 5 heteroatoms. The minimum Gasteiger partial charge on any atom is -0.356 e. The molecule has 1 atom stereocenters. The average molecular weight is 246 g/mol. The third-order valence-corrected chi connectivity index (χ3v) is 2.74. The van der Waals surface area contributed by atoms with Crippen LogP contribution in [-0.2, 0) is 4.79 Å². The van der Waals surface area contributed by atoms with E-state index in [-0.39, 0.29) is 11.8 Å². The molecule has 0 saturated heterocycles. The van der Waals surface area contributed by atoms with Crippen LogP contribution in [0.1, 0.15) is 31.2 Å². The van der Waals surface area contributed by atoms with Gasteiger partial charge in [-0.25, -0.2) is 0 Å².